The lowest BCUT2D eigenvalue weighted by molar-refractivity contribution is 0.142. The van der Waals surface area contributed by atoms with E-state index >= 15 is 0 Å². The van der Waals surface area contributed by atoms with Gasteiger partial charge >= 0.3 is 0 Å². The van der Waals surface area contributed by atoms with Gasteiger partial charge in [0.1, 0.15) is 17.4 Å². The molecule has 2 heterocycles. The molecule has 2 aliphatic rings. The van der Waals surface area contributed by atoms with E-state index in [1.54, 1.807) is 0 Å². The maximum Gasteiger partial charge on any atom is 0.223 e. The number of benzene rings is 1. The van der Waals surface area contributed by atoms with Crippen LogP contribution in [0.1, 0.15) is 32.1 Å². The third-order valence-corrected chi connectivity index (χ3v) is 4.86. The standard InChI is InChI=1S/C18H24N4O2/c19-13-4-6-14(7-5-13)21-18-20-10-12-2-1-3-16(17(12)22-18)24-15-8-9-23-11-15/h1-3,10,13-15H,4-9,11,19H2,(H,20,21,22). The van der Waals surface area contributed by atoms with E-state index < -0.39 is 0 Å². The van der Waals surface area contributed by atoms with Crippen LogP contribution in [0.3, 0.4) is 0 Å². The molecule has 1 unspecified atom stereocenters. The molecule has 1 aliphatic heterocycles. The number of rotatable bonds is 4. The van der Waals surface area contributed by atoms with E-state index in [1.165, 1.54) is 0 Å². The van der Waals surface area contributed by atoms with Crippen molar-refractivity contribution in [3.05, 3.63) is 24.4 Å². The average molecular weight is 328 g/mol. The molecule has 1 aromatic heterocycles. The Kier molecular flexibility index (Phi) is 4.49. The number of nitrogens with zero attached hydrogens (tertiary/aromatic N) is 2. The van der Waals surface area contributed by atoms with Crippen molar-refractivity contribution < 1.29 is 9.47 Å². The molecule has 2 aromatic rings. The lowest BCUT2D eigenvalue weighted by Gasteiger charge is -2.26. The van der Waals surface area contributed by atoms with Gasteiger partial charge in [0.2, 0.25) is 5.95 Å². The van der Waals surface area contributed by atoms with E-state index in [0.717, 1.165) is 55.4 Å². The summed E-state index contributed by atoms with van der Waals surface area (Å²) in [6, 6.07) is 6.70. The first-order valence-corrected chi connectivity index (χ1v) is 8.80. The van der Waals surface area contributed by atoms with Crippen LogP contribution in [0.25, 0.3) is 10.9 Å². The van der Waals surface area contributed by atoms with E-state index in [0.29, 0.717) is 24.6 Å². The van der Waals surface area contributed by atoms with E-state index in [2.05, 4.69) is 10.3 Å². The highest BCUT2D eigenvalue weighted by Crippen LogP contribution is 2.27. The Bertz CT molecular complexity index is 694. The maximum absolute atomic E-state index is 6.09. The maximum atomic E-state index is 6.09. The number of nitrogens with one attached hydrogen (secondary N) is 1. The predicted octanol–water partition coefficient (Wildman–Crippen LogP) is 2.48. The summed E-state index contributed by atoms with van der Waals surface area (Å²) in [4.78, 5) is 9.17. The molecule has 3 N–H and O–H groups in total. The zero-order valence-corrected chi connectivity index (χ0v) is 13.8. The van der Waals surface area contributed by atoms with Gasteiger partial charge < -0.3 is 20.5 Å². The highest BCUT2D eigenvalue weighted by atomic mass is 16.5. The lowest BCUT2D eigenvalue weighted by atomic mass is 9.92. The number of anilines is 1. The van der Waals surface area contributed by atoms with Gasteiger partial charge in [-0.05, 0) is 31.7 Å². The Hall–Kier alpha value is -1.92. The van der Waals surface area contributed by atoms with Gasteiger partial charge in [0.05, 0.1) is 13.2 Å². The topological polar surface area (TPSA) is 82.3 Å². The van der Waals surface area contributed by atoms with Crippen molar-refractivity contribution in [2.45, 2.75) is 50.3 Å². The van der Waals surface area contributed by atoms with E-state index in [9.17, 15) is 0 Å². The van der Waals surface area contributed by atoms with Gasteiger partial charge in [-0.2, -0.15) is 0 Å². The van der Waals surface area contributed by atoms with Crippen molar-refractivity contribution in [3.63, 3.8) is 0 Å². The van der Waals surface area contributed by atoms with Gasteiger partial charge in [0.15, 0.2) is 0 Å². The van der Waals surface area contributed by atoms with Crippen LogP contribution in [0, 0.1) is 0 Å². The number of fused-ring (bicyclic) bond motifs is 1. The molecule has 1 atom stereocenters. The number of hydrogen-bond donors (Lipinski definition) is 2. The Morgan fingerprint density at radius 1 is 1.17 bits per heavy atom. The van der Waals surface area contributed by atoms with E-state index in [-0.39, 0.29) is 6.10 Å². The molecule has 1 saturated heterocycles. The zero-order chi connectivity index (χ0) is 16.4. The third-order valence-electron chi connectivity index (χ3n) is 4.86. The van der Waals surface area contributed by atoms with Crippen molar-refractivity contribution in [3.8, 4) is 5.75 Å². The number of nitrogens with two attached hydrogens (primary N) is 1. The molecule has 4 rings (SSSR count). The molecule has 6 nitrogen and oxygen atoms in total. The summed E-state index contributed by atoms with van der Waals surface area (Å²) in [7, 11) is 0. The van der Waals surface area contributed by atoms with Crippen LogP contribution in [-0.2, 0) is 4.74 Å². The fourth-order valence-electron chi connectivity index (χ4n) is 3.42. The molecular formula is C18H24N4O2. The minimum Gasteiger partial charge on any atom is -0.486 e. The first kappa shape index (κ1) is 15.6. The highest BCUT2D eigenvalue weighted by Gasteiger charge is 2.21. The normalized spacial score (nSPS) is 27.3. The first-order valence-electron chi connectivity index (χ1n) is 8.80. The molecule has 0 radical (unpaired) electrons. The Morgan fingerprint density at radius 3 is 2.83 bits per heavy atom. The molecule has 1 aromatic carbocycles. The summed E-state index contributed by atoms with van der Waals surface area (Å²) >= 11 is 0. The van der Waals surface area contributed by atoms with Gasteiger partial charge in [-0.1, -0.05) is 12.1 Å². The Labute approximate surface area is 141 Å². The van der Waals surface area contributed by atoms with Gasteiger partial charge in [-0.25, -0.2) is 9.97 Å². The molecule has 0 bridgehead atoms. The van der Waals surface area contributed by atoms with Crippen LogP contribution in [-0.4, -0.2) is 41.4 Å². The molecule has 2 fully saturated rings. The van der Waals surface area contributed by atoms with Crippen molar-refractivity contribution in [1.29, 1.82) is 0 Å². The first-order chi connectivity index (χ1) is 11.8. The largest absolute Gasteiger partial charge is 0.486 e. The number of ether oxygens (including phenoxy) is 2. The second-order valence-corrected chi connectivity index (χ2v) is 6.75. The summed E-state index contributed by atoms with van der Waals surface area (Å²) in [6.07, 6.45) is 7.15. The van der Waals surface area contributed by atoms with Gasteiger partial charge in [-0.15, -0.1) is 0 Å². The van der Waals surface area contributed by atoms with E-state index in [4.69, 9.17) is 20.2 Å². The van der Waals surface area contributed by atoms with Crippen LogP contribution < -0.4 is 15.8 Å². The smallest absolute Gasteiger partial charge is 0.223 e. The summed E-state index contributed by atoms with van der Waals surface area (Å²) in [6.45, 7) is 1.41. The molecule has 0 spiro atoms. The SMILES string of the molecule is NC1CCC(Nc2ncc3cccc(OC4CCOC4)c3n2)CC1. The molecule has 1 saturated carbocycles. The molecule has 1 aliphatic carbocycles. The van der Waals surface area contributed by atoms with Crippen molar-refractivity contribution >= 4 is 16.9 Å². The summed E-state index contributed by atoms with van der Waals surface area (Å²) in [5.41, 5.74) is 6.83. The predicted molar refractivity (Wildman–Crippen MR) is 93.2 cm³/mol. The average Bonchev–Trinajstić information content (AvgIpc) is 3.11. The second-order valence-electron chi connectivity index (χ2n) is 6.75. The lowest BCUT2D eigenvalue weighted by Crippen LogP contribution is -2.33. The molecule has 24 heavy (non-hydrogen) atoms. The van der Waals surface area contributed by atoms with Crippen LogP contribution in [0.4, 0.5) is 5.95 Å². The number of hydrogen-bond acceptors (Lipinski definition) is 6. The van der Waals surface area contributed by atoms with Crippen molar-refractivity contribution in [2.75, 3.05) is 18.5 Å². The van der Waals surface area contributed by atoms with Crippen LogP contribution in [0.5, 0.6) is 5.75 Å². The van der Waals surface area contributed by atoms with E-state index in [1.807, 2.05) is 24.4 Å². The monoisotopic (exact) mass is 328 g/mol. The van der Waals surface area contributed by atoms with Crippen LogP contribution >= 0.6 is 0 Å². The molecule has 128 valence electrons. The third kappa shape index (κ3) is 3.44. The fourth-order valence-corrected chi connectivity index (χ4v) is 3.42. The van der Waals surface area contributed by atoms with Crippen molar-refractivity contribution in [1.82, 2.24) is 9.97 Å². The van der Waals surface area contributed by atoms with Crippen LogP contribution in [0.2, 0.25) is 0 Å². The van der Waals surface area contributed by atoms with Gasteiger partial charge in [-0.3, -0.25) is 0 Å². The zero-order valence-electron chi connectivity index (χ0n) is 13.8. The minimum absolute atomic E-state index is 0.113. The highest BCUT2D eigenvalue weighted by molar-refractivity contribution is 5.84. The molecule has 0 amide bonds. The molecule has 6 heteroatoms. The Balaban J connectivity index is 1.54. The summed E-state index contributed by atoms with van der Waals surface area (Å²) in [5, 5.41) is 4.44. The fraction of sp³-hybridized carbons (Fsp3) is 0.556. The summed E-state index contributed by atoms with van der Waals surface area (Å²) < 4.78 is 11.5. The quantitative estimate of drug-likeness (QED) is 0.897. The van der Waals surface area contributed by atoms with Crippen molar-refractivity contribution in [2.24, 2.45) is 5.73 Å². The number of para-hydroxylation sites is 1. The summed E-state index contributed by atoms with van der Waals surface area (Å²) in [5.74, 6) is 1.47. The Morgan fingerprint density at radius 2 is 2.04 bits per heavy atom. The van der Waals surface area contributed by atoms with Gasteiger partial charge in [0, 0.05) is 30.1 Å². The number of aromatic nitrogens is 2. The van der Waals surface area contributed by atoms with Gasteiger partial charge in [0.25, 0.3) is 0 Å². The minimum atomic E-state index is 0.113. The second kappa shape index (κ2) is 6.91. The van der Waals surface area contributed by atoms with Crippen LogP contribution in [0.15, 0.2) is 24.4 Å². The molecular weight excluding hydrogens is 304 g/mol.